The lowest BCUT2D eigenvalue weighted by molar-refractivity contribution is 0.0479. The topological polar surface area (TPSA) is 12.5 Å². The fraction of sp³-hybridized carbons (Fsp3) is 1.00. The van der Waals surface area contributed by atoms with E-state index in [9.17, 15) is 0 Å². The van der Waals surface area contributed by atoms with E-state index in [1.54, 1.807) is 0 Å². The first-order chi connectivity index (χ1) is 7.49. The van der Waals surface area contributed by atoms with Crippen LogP contribution in [0.15, 0.2) is 0 Å². The number of ether oxygens (including phenoxy) is 1. The minimum absolute atomic E-state index is 0.275. The summed E-state index contributed by atoms with van der Waals surface area (Å²) in [7, 11) is 6.39. The van der Waals surface area contributed by atoms with Crippen LogP contribution in [-0.2, 0) is 4.74 Å². The van der Waals surface area contributed by atoms with Crippen molar-refractivity contribution in [2.75, 3.05) is 20.8 Å². The Hall–Kier alpha value is -0.0151. The van der Waals surface area contributed by atoms with Gasteiger partial charge in [0.05, 0.1) is 6.61 Å². The van der Waals surface area contributed by atoms with E-state index in [0.29, 0.717) is 0 Å². The molecule has 0 bridgehead atoms. The van der Waals surface area contributed by atoms with Crippen LogP contribution in [0.1, 0.15) is 46.0 Å². The van der Waals surface area contributed by atoms with E-state index in [0.717, 1.165) is 18.5 Å². The molecule has 0 aromatic carbocycles. The highest BCUT2D eigenvalue weighted by Crippen LogP contribution is 2.34. The number of likely N-dealkylation sites (tertiary alicyclic amines) is 1. The van der Waals surface area contributed by atoms with Crippen LogP contribution in [0.25, 0.3) is 0 Å². The molecule has 94 valence electrons. The highest BCUT2D eigenvalue weighted by molar-refractivity contribution is 6.11. The van der Waals surface area contributed by atoms with Gasteiger partial charge in [0.1, 0.15) is 7.85 Å². The summed E-state index contributed by atoms with van der Waals surface area (Å²) in [5.74, 6) is 0.845. The lowest BCUT2D eigenvalue weighted by Crippen LogP contribution is -2.45. The quantitative estimate of drug-likeness (QED) is 0.642. The first-order valence-electron chi connectivity index (χ1n) is 6.71. The molecule has 1 aliphatic rings. The maximum Gasteiger partial charge on any atom is 0.105 e. The van der Waals surface area contributed by atoms with E-state index in [2.05, 4.69) is 33.6 Å². The van der Waals surface area contributed by atoms with Gasteiger partial charge in [0.2, 0.25) is 0 Å². The molecule has 0 spiro atoms. The Morgan fingerprint density at radius 1 is 1.56 bits per heavy atom. The zero-order valence-electron chi connectivity index (χ0n) is 11.8. The third kappa shape index (κ3) is 3.49. The molecule has 3 atom stereocenters. The van der Waals surface area contributed by atoms with Gasteiger partial charge in [-0.05, 0) is 33.2 Å². The number of hydrogen-bond donors (Lipinski definition) is 0. The van der Waals surface area contributed by atoms with Gasteiger partial charge < -0.3 is 4.74 Å². The predicted octanol–water partition coefficient (Wildman–Crippen LogP) is 2.10. The summed E-state index contributed by atoms with van der Waals surface area (Å²) >= 11 is 0. The second kappa shape index (κ2) is 6.06. The summed E-state index contributed by atoms with van der Waals surface area (Å²) < 4.78 is 5.35. The molecule has 1 saturated heterocycles. The van der Waals surface area contributed by atoms with E-state index < -0.39 is 0 Å². The first-order valence-corrected chi connectivity index (χ1v) is 6.71. The SMILES string of the molecule is BC(C)CCCC1CCC(C)(COC)N1C. The van der Waals surface area contributed by atoms with Gasteiger partial charge in [-0.2, -0.15) is 0 Å². The van der Waals surface area contributed by atoms with Crippen molar-refractivity contribution in [1.82, 2.24) is 4.90 Å². The Morgan fingerprint density at radius 3 is 2.81 bits per heavy atom. The van der Waals surface area contributed by atoms with Crippen LogP contribution >= 0.6 is 0 Å². The van der Waals surface area contributed by atoms with Crippen molar-refractivity contribution >= 4 is 7.85 Å². The molecule has 0 aliphatic carbocycles. The van der Waals surface area contributed by atoms with Gasteiger partial charge in [-0.15, -0.1) is 0 Å². The van der Waals surface area contributed by atoms with Crippen molar-refractivity contribution in [1.29, 1.82) is 0 Å². The van der Waals surface area contributed by atoms with Gasteiger partial charge in [0.25, 0.3) is 0 Å². The fourth-order valence-corrected chi connectivity index (χ4v) is 2.87. The smallest absolute Gasteiger partial charge is 0.105 e. The van der Waals surface area contributed by atoms with Crippen LogP contribution in [0.5, 0.6) is 0 Å². The maximum absolute atomic E-state index is 5.35. The largest absolute Gasteiger partial charge is 0.383 e. The van der Waals surface area contributed by atoms with Crippen LogP contribution < -0.4 is 0 Å². The van der Waals surface area contributed by atoms with E-state index in [1.807, 2.05) is 7.11 Å². The molecule has 2 nitrogen and oxygen atoms in total. The van der Waals surface area contributed by atoms with E-state index in [-0.39, 0.29) is 5.54 Å². The fourth-order valence-electron chi connectivity index (χ4n) is 2.87. The van der Waals surface area contributed by atoms with Crippen LogP contribution in [-0.4, -0.2) is 45.1 Å². The van der Waals surface area contributed by atoms with Crippen LogP contribution in [0.4, 0.5) is 0 Å². The summed E-state index contributed by atoms with van der Waals surface area (Å²) in [5.41, 5.74) is 0.275. The van der Waals surface area contributed by atoms with E-state index in [1.165, 1.54) is 32.1 Å². The average Bonchev–Trinajstić information content (AvgIpc) is 2.46. The number of nitrogens with zero attached hydrogens (tertiary/aromatic N) is 1. The molecule has 0 aromatic heterocycles. The molecule has 1 aliphatic heterocycles. The number of rotatable bonds is 6. The highest BCUT2D eigenvalue weighted by Gasteiger charge is 2.39. The third-order valence-corrected chi connectivity index (χ3v) is 4.19. The Morgan fingerprint density at radius 2 is 2.25 bits per heavy atom. The predicted molar refractivity (Wildman–Crippen MR) is 72.9 cm³/mol. The van der Waals surface area contributed by atoms with Crippen molar-refractivity contribution in [2.24, 2.45) is 0 Å². The summed E-state index contributed by atoms with van der Waals surface area (Å²) in [5, 5.41) is 0. The van der Waals surface area contributed by atoms with Crippen molar-refractivity contribution in [3.05, 3.63) is 0 Å². The molecule has 0 radical (unpaired) electrons. The molecule has 3 heteroatoms. The Balaban J connectivity index is 2.35. The van der Waals surface area contributed by atoms with Gasteiger partial charge in [-0.25, -0.2) is 0 Å². The molecular formula is C13H28BNO. The van der Waals surface area contributed by atoms with Gasteiger partial charge in [0.15, 0.2) is 0 Å². The van der Waals surface area contributed by atoms with Crippen LogP contribution in [0.2, 0.25) is 5.82 Å². The van der Waals surface area contributed by atoms with Gasteiger partial charge in [-0.1, -0.05) is 25.6 Å². The summed E-state index contributed by atoms with van der Waals surface area (Å²) in [4.78, 5) is 2.55. The zero-order valence-corrected chi connectivity index (χ0v) is 11.8. The normalized spacial score (nSPS) is 33.1. The molecule has 1 fully saturated rings. The molecule has 1 heterocycles. The second-order valence-corrected chi connectivity index (χ2v) is 6.06. The van der Waals surface area contributed by atoms with Gasteiger partial charge in [0, 0.05) is 18.7 Å². The van der Waals surface area contributed by atoms with E-state index in [4.69, 9.17) is 4.74 Å². The summed E-state index contributed by atoms with van der Waals surface area (Å²) in [6.07, 6.45) is 6.72. The molecule has 0 amide bonds. The van der Waals surface area contributed by atoms with Crippen LogP contribution in [0.3, 0.4) is 0 Å². The lowest BCUT2D eigenvalue weighted by atomic mass is 9.84. The Bertz CT molecular complexity index is 210. The average molecular weight is 225 g/mol. The van der Waals surface area contributed by atoms with Gasteiger partial charge >= 0.3 is 0 Å². The van der Waals surface area contributed by atoms with Gasteiger partial charge in [-0.3, -0.25) is 4.90 Å². The summed E-state index contributed by atoms with van der Waals surface area (Å²) in [6.45, 7) is 5.51. The second-order valence-electron chi connectivity index (χ2n) is 6.06. The molecular weight excluding hydrogens is 197 g/mol. The third-order valence-electron chi connectivity index (χ3n) is 4.19. The van der Waals surface area contributed by atoms with Crippen molar-refractivity contribution in [3.63, 3.8) is 0 Å². The molecule has 0 N–H and O–H groups in total. The van der Waals surface area contributed by atoms with Crippen molar-refractivity contribution in [3.8, 4) is 0 Å². The maximum atomic E-state index is 5.35. The number of hydrogen-bond acceptors (Lipinski definition) is 2. The number of methoxy groups -OCH3 is 1. The molecule has 0 aromatic rings. The van der Waals surface area contributed by atoms with Crippen molar-refractivity contribution in [2.45, 2.75) is 63.3 Å². The molecule has 1 rings (SSSR count). The Kier molecular flexibility index (Phi) is 5.32. The minimum atomic E-state index is 0.275. The lowest BCUT2D eigenvalue weighted by Gasteiger charge is -2.35. The highest BCUT2D eigenvalue weighted by atomic mass is 16.5. The van der Waals surface area contributed by atoms with Crippen LogP contribution in [0, 0.1) is 0 Å². The molecule has 16 heavy (non-hydrogen) atoms. The van der Waals surface area contributed by atoms with E-state index >= 15 is 0 Å². The van der Waals surface area contributed by atoms with Crippen molar-refractivity contribution < 1.29 is 4.74 Å². The first kappa shape index (κ1) is 14.0. The number of likely N-dealkylation sites (N-methyl/N-ethyl adjacent to an activating group) is 1. The molecule has 3 unspecified atom stereocenters. The standard InChI is InChI=1S/C13H28BNO/c1-11(14)6-5-7-12-8-9-13(2,10-16-4)15(12)3/h11-12H,5-10,14H2,1-4H3. The Labute approximate surface area is 102 Å². The summed E-state index contributed by atoms with van der Waals surface area (Å²) in [6, 6.07) is 0.777. The minimum Gasteiger partial charge on any atom is -0.383 e. The molecule has 0 saturated carbocycles. The monoisotopic (exact) mass is 225 g/mol. The zero-order chi connectivity index (χ0) is 12.2.